The van der Waals surface area contributed by atoms with Crippen molar-refractivity contribution in [2.24, 2.45) is 0 Å². The molecule has 2 N–H and O–H groups in total. The Morgan fingerprint density at radius 2 is 1.71 bits per heavy atom. The molecular weight excluding hydrogens is 372 g/mol. The predicted octanol–water partition coefficient (Wildman–Crippen LogP) is 2.48. The number of aromatic nitrogens is 1. The molecule has 0 saturated carbocycles. The van der Waals surface area contributed by atoms with Gasteiger partial charge in [0, 0.05) is 29.2 Å². The second-order valence-electron chi connectivity index (χ2n) is 6.29. The Morgan fingerprint density at radius 3 is 2.46 bits per heavy atom. The molecule has 4 rings (SSSR count). The average molecular weight is 386 g/mol. The Labute approximate surface area is 166 Å². The number of nitrogens with zero attached hydrogens (tertiary/aromatic N) is 2. The van der Waals surface area contributed by atoms with E-state index in [1.165, 1.54) is 0 Å². The first-order chi connectivity index (χ1) is 13.6. The highest BCUT2D eigenvalue weighted by Crippen LogP contribution is 2.25. The molecule has 0 aliphatic carbocycles. The molecule has 136 valence electrons. The normalized spacial score (nSPS) is 13.8. The predicted molar refractivity (Wildman–Crippen MR) is 109 cm³/mol. The SMILES string of the molecule is N#Cc1ccccc1Cn1cc(C=C2C(=O)NC(=S)NC2=O)c2ccccc21. The van der Waals surface area contributed by atoms with Crippen LogP contribution in [0, 0.1) is 11.3 Å². The van der Waals surface area contributed by atoms with Gasteiger partial charge in [0.15, 0.2) is 5.11 Å². The number of para-hydroxylation sites is 1. The van der Waals surface area contributed by atoms with Gasteiger partial charge in [-0.2, -0.15) is 5.26 Å². The number of amides is 2. The minimum atomic E-state index is -0.527. The summed E-state index contributed by atoms with van der Waals surface area (Å²) in [5.74, 6) is -1.05. The molecule has 2 amide bonds. The molecule has 1 aliphatic heterocycles. The van der Waals surface area contributed by atoms with Crippen LogP contribution in [0.1, 0.15) is 16.7 Å². The first-order valence-corrected chi connectivity index (χ1v) is 8.92. The lowest BCUT2D eigenvalue weighted by molar-refractivity contribution is -0.123. The van der Waals surface area contributed by atoms with E-state index in [-0.39, 0.29) is 10.7 Å². The third kappa shape index (κ3) is 3.17. The fraction of sp³-hybridized carbons (Fsp3) is 0.0476. The molecule has 3 aromatic rings. The third-order valence-corrected chi connectivity index (χ3v) is 4.75. The lowest BCUT2D eigenvalue weighted by Crippen LogP contribution is -2.51. The molecule has 0 bridgehead atoms. The van der Waals surface area contributed by atoms with Gasteiger partial charge in [-0.05, 0) is 36.0 Å². The minimum absolute atomic E-state index is 0.00249. The van der Waals surface area contributed by atoms with Gasteiger partial charge in [-0.1, -0.05) is 36.4 Å². The van der Waals surface area contributed by atoms with Crippen LogP contribution in [0.2, 0.25) is 0 Å². The van der Waals surface area contributed by atoms with Gasteiger partial charge in [0.2, 0.25) is 0 Å². The maximum absolute atomic E-state index is 12.2. The largest absolute Gasteiger partial charge is 0.342 e. The van der Waals surface area contributed by atoms with Crippen LogP contribution in [-0.4, -0.2) is 21.5 Å². The van der Waals surface area contributed by atoms with E-state index in [1.54, 1.807) is 12.1 Å². The highest BCUT2D eigenvalue weighted by molar-refractivity contribution is 7.80. The molecule has 0 spiro atoms. The van der Waals surface area contributed by atoms with Crippen molar-refractivity contribution in [3.63, 3.8) is 0 Å². The third-order valence-electron chi connectivity index (χ3n) is 4.54. The van der Waals surface area contributed by atoms with Gasteiger partial charge < -0.3 is 4.57 Å². The summed E-state index contributed by atoms with van der Waals surface area (Å²) in [6.45, 7) is 0.496. The zero-order valence-corrected chi connectivity index (χ0v) is 15.4. The molecule has 0 radical (unpaired) electrons. The number of hydrogen-bond acceptors (Lipinski definition) is 4. The highest BCUT2D eigenvalue weighted by atomic mass is 32.1. The number of thiocarbonyl (C=S) groups is 1. The summed E-state index contributed by atoms with van der Waals surface area (Å²) in [5.41, 5.74) is 3.17. The van der Waals surface area contributed by atoms with Crippen LogP contribution in [0.5, 0.6) is 0 Å². The zero-order valence-electron chi connectivity index (χ0n) is 14.6. The van der Waals surface area contributed by atoms with Crippen LogP contribution in [0.4, 0.5) is 0 Å². The summed E-state index contributed by atoms with van der Waals surface area (Å²) in [5, 5.41) is 15.1. The minimum Gasteiger partial charge on any atom is -0.342 e. The molecule has 2 heterocycles. The zero-order chi connectivity index (χ0) is 19.7. The van der Waals surface area contributed by atoms with Crippen LogP contribution < -0.4 is 10.6 Å². The van der Waals surface area contributed by atoms with Crippen molar-refractivity contribution >= 4 is 46.1 Å². The van der Waals surface area contributed by atoms with Crippen LogP contribution >= 0.6 is 12.2 Å². The maximum Gasteiger partial charge on any atom is 0.263 e. The lowest BCUT2D eigenvalue weighted by Gasteiger charge is -2.16. The maximum atomic E-state index is 12.2. The number of carbonyl (C=O) groups excluding carboxylic acids is 2. The monoisotopic (exact) mass is 386 g/mol. The fourth-order valence-corrected chi connectivity index (χ4v) is 3.42. The van der Waals surface area contributed by atoms with Gasteiger partial charge in [-0.25, -0.2) is 0 Å². The van der Waals surface area contributed by atoms with E-state index in [9.17, 15) is 14.9 Å². The van der Waals surface area contributed by atoms with Gasteiger partial charge in [0.05, 0.1) is 11.6 Å². The van der Waals surface area contributed by atoms with Crippen LogP contribution in [-0.2, 0) is 16.1 Å². The molecule has 1 aliphatic rings. The second-order valence-corrected chi connectivity index (χ2v) is 6.70. The second kappa shape index (κ2) is 7.10. The van der Waals surface area contributed by atoms with E-state index in [0.717, 1.165) is 22.0 Å². The summed E-state index contributed by atoms with van der Waals surface area (Å²) in [6.07, 6.45) is 3.43. The first kappa shape index (κ1) is 17.6. The molecule has 1 fully saturated rings. The smallest absolute Gasteiger partial charge is 0.263 e. The first-order valence-electron chi connectivity index (χ1n) is 8.51. The Hall–Kier alpha value is -3.76. The van der Waals surface area contributed by atoms with E-state index in [0.29, 0.717) is 12.1 Å². The number of fused-ring (bicyclic) bond motifs is 1. The number of carbonyl (C=O) groups is 2. The van der Waals surface area contributed by atoms with Crippen molar-refractivity contribution in [2.45, 2.75) is 6.54 Å². The number of benzene rings is 2. The topological polar surface area (TPSA) is 86.9 Å². The van der Waals surface area contributed by atoms with Gasteiger partial charge in [0.25, 0.3) is 11.8 Å². The molecule has 0 atom stereocenters. The van der Waals surface area contributed by atoms with Crippen LogP contribution in [0.15, 0.2) is 60.3 Å². The number of nitrogens with one attached hydrogen (secondary N) is 2. The van der Waals surface area contributed by atoms with E-state index in [1.807, 2.05) is 53.2 Å². The van der Waals surface area contributed by atoms with E-state index in [4.69, 9.17) is 12.2 Å². The van der Waals surface area contributed by atoms with Gasteiger partial charge in [-0.3, -0.25) is 20.2 Å². The van der Waals surface area contributed by atoms with Crippen molar-refractivity contribution in [1.29, 1.82) is 5.26 Å². The molecule has 28 heavy (non-hydrogen) atoms. The Balaban J connectivity index is 1.80. The summed E-state index contributed by atoms with van der Waals surface area (Å²) in [7, 11) is 0. The average Bonchev–Trinajstić information content (AvgIpc) is 3.03. The van der Waals surface area contributed by atoms with Crippen molar-refractivity contribution in [3.8, 4) is 6.07 Å². The lowest BCUT2D eigenvalue weighted by atomic mass is 10.1. The summed E-state index contributed by atoms with van der Waals surface area (Å²) >= 11 is 4.83. The molecule has 1 saturated heterocycles. The quantitative estimate of drug-likeness (QED) is 0.411. The standard InChI is InChI=1S/C21H14N4O2S/c22-10-13-5-1-2-6-14(13)11-25-12-15(16-7-3-4-8-18(16)25)9-17-19(26)23-21(28)24-20(17)27/h1-9,12H,11H2,(H2,23,24,26,27,28). The highest BCUT2D eigenvalue weighted by Gasteiger charge is 2.26. The van der Waals surface area contributed by atoms with Gasteiger partial charge >= 0.3 is 0 Å². The fourth-order valence-electron chi connectivity index (χ4n) is 3.23. The van der Waals surface area contributed by atoms with Crippen LogP contribution in [0.3, 0.4) is 0 Å². The molecule has 2 aromatic carbocycles. The van der Waals surface area contributed by atoms with Gasteiger partial charge in [0.1, 0.15) is 5.57 Å². The van der Waals surface area contributed by atoms with Crippen LogP contribution in [0.25, 0.3) is 17.0 Å². The molecule has 6 nitrogen and oxygen atoms in total. The Kier molecular flexibility index (Phi) is 4.47. The van der Waals surface area contributed by atoms with Gasteiger partial charge in [-0.15, -0.1) is 0 Å². The molecule has 0 unspecified atom stereocenters. The van der Waals surface area contributed by atoms with Crippen molar-refractivity contribution < 1.29 is 9.59 Å². The molecule has 7 heteroatoms. The summed E-state index contributed by atoms with van der Waals surface area (Å²) in [4.78, 5) is 24.3. The Morgan fingerprint density at radius 1 is 1.04 bits per heavy atom. The van der Waals surface area contributed by atoms with E-state index < -0.39 is 11.8 Å². The van der Waals surface area contributed by atoms with Crippen molar-refractivity contribution in [3.05, 3.63) is 77.0 Å². The Bertz CT molecular complexity index is 1190. The summed E-state index contributed by atoms with van der Waals surface area (Å²) < 4.78 is 2.00. The number of rotatable bonds is 3. The van der Waals surface area contributed by atoms with E-state index >= 15 is 0 Å². The molecular formula is C21H14N4O2S. The number of nitriles is 1. The van der Waals surface area contributed by atoms with Crippen molar-refractivity contribution in [2.75, 3.05) is 0 Å². The molecule has 1 aromatic heterocycles. The van der Waals surface area contributed by atoms with Crippen molar-refractivity contribution in [1.82, 2.24) is 15.2 Å². The summed E-state index contributed by atoms with van der Waals surface area (Å²) in [6, 6.07) is 17.3. The number of hydrogen-bond donors (Lipinski definition) is 2. The van der Waals surface area contributed by atoms with E-state index in [2.05, 4.69) is 16.7 Å².